The molecule has 0 saturated heterocycles. The molecule has 146 valence electrons. The van der Waals surface area contributed by atoms with Crippen LogP contribution in [0.25, 0.3) is 0 Å². The summed E-state index contributed by atoms with van der Waals surface area (Å²) in [6.07, 6.45) is 4.45. The normalized spacial score (nSPS) is 11.5. The Balaban J connectivity index is 0.00000338. The van der Waals surface area contributed by atoms with Crippen LogP contribution >= 0.6 is 35.3 Å². The van der Waals surface area contributed by atoms with Gasteiger partial charge in [0, 0.05) is 49.5 Å². The lowest BCUT2D eigenvalue weighted by atomic mass is 10.2. The number of aryl methyl sites for hydroxylation is 2. The van der Waals surface area contributed by atoms with Crippen LogP contribution in [0.3, 0.4) is 0 Å². The van der Waals surface area contributed by atoms with Gasteiger partial charge in [-0.2, -0.15) is 4.98 Å². The molecule has 0 bridgehead atoms. The topological polar surface area (TPSA) is 88.2 Å². The molecule has 0 saturated carbocycles. The average molecular weight is 492 g/mol. The van der Waals surface area contributed by atoms with Crippen LogP contribution in [0.15, 0.2) is 15.7 Å². The number of nitrogens with one attached hydrogen (secondary N) is 2. The van der Waals surface area contributed by atoms with E-state index in [1.807, 2.05) is 6.20 Å². The Kier molecular flexibility index (Phi) is 10.7. The molecule has 2 N–H and O–H groups in total. The number of rotatable bonds is 9. The number of nitrogens with zero attached hydrogens (tertiary/aromatic N) is 4. The maximum Gasteiger partial charge on any atom is 0.226 e. The van der Waals surface area contributed by atoms with Crippen LogP contribution in [0.4, 0.5) is 0 Å². The summed E-state index contributed by atoms with van der Waals surface area (Å²) in [4.78, 5) is 14.6. The lowest BCUT2D eigenvalue weighted by Crippen LogP contribution is -2.38. The Morgan fingerprint density at radius 2 is 2.12 bits per heavy atom. The lowest BCUT2D eigenvalue weighted by molar-refractivity contribution is 0.369. The van der Waals surface area contributed by atoms with Gasteiger partial charge < -0.3 is 15.2 Å². The number of guanidine groups is 1. The number of hydrogen-bond acceptors (Lipinski definition) is 6. The molecule has 0 aliphatic rings. The van der Waals surface area contributed by atoms with E-state index in [0.717, 1.165) is 49.1 Å². The van der Waals surface area contributed by atoms with Crippen LogP contribution in [-0.2, 0) is 12.8 Å². The van der Waals surface area contributed by atoms with Crippen molar-refractivity contribution in [3.63, 3.8) is 0 Å². The Hall–Kier alpha value is -1.23. The smallest absolute Gasteiger partial charge is 0.226 e. The summed E-state index contributed by atoms with van der Waals surface area (Å²) in [7, 11) is 0. The van der Waals surface area contributed by atoms with E-state index in [4.69, 9.17) is 4.52 Å². The van der Waals surface area contributed by atoms with Crippen molar-refractivity contribution in [1.29, 1.82) is 0 Å². The zero-order valence-corrected chi connectivity index (χ0v) is 19.1. The second-order valence-electron chi connectivity index (χ2n) is 6.11. The molecule has 0 aromatic carbocycles. The molecule has 2 rings (SSSR count). The molecule has 0 aliphatic heterocycles. The highest BCUT2D eigenvalue weighted by Gasteiger charge is 2.09. The standard InChI is InChI=1S/C17H28N6OS.HI/c1-5-18-17(20-10-8-15-21-11-13(4)25-15)19-9-6-7-14-22-16(12(2)3)23-24-14;/h11-12H,5-10H2,1-4H3,(H2,18,19,20);1H. The van der Waals surface area contributed by atoms with Crippen LogP contribution < -0.4 is 10.6 Å². The Morgan fingerprint density at radius 3 is 2.73 bits per heavy atom. The van der Waals surface area contributed by atoms with E-state index >= 15 is 0 Å². The van der Waals surface area contributed by atoms with Gasteiger partial charge in [-0.05, 0) is 20.3 Å². The van der Waals surface area contributed by atoms with E-state index in [-0.39, 0.29) is 24.0 Å². The molecule has 0 amide bonds. The molecule has 2 heterocycles. The van der Waals surface area contributed by atoms with Gasteiger partial charge in [0.1, 0.15) is 0 Å². The number of aliphatic imine (C=N–C) groups is 1. The van der Waals surface area contributed by atoms with Crippen molar-refractivity contribution in [3.05, 3.63) is 27.8 Å². The van der Waals surface area contributed by atoms with Crippen molar-refractivity contribution in [3.8, 4) is 0 Å². The lowest BCUT2D eigenvalue weighted by Gasteiger charge is -2.10. The third-order valence-corrected chi connectivity index (χ3v) is 4.44. The summed E-state index contributed by atoms with van der Waals surface area (Å²) in [5.74, 6) is 2.59. The second kappa shape index (κ2) is 12.2. The summed E-state index contributed by atoms with van der Waals surface area (Å²) in [6, 6.07) is 0. The first-order valence-corrected chi connectivity index (χ1v) is 9.66. The molecular weight excluding hydrogens is 463 g/mol. The number of aromatic nitrogens is 3. The summed E-state index contributed by atoms with van der Waals surface area (Å²) in [5, 5.41) is 11.7. The largest absolute Gasteiger partial charge is 0.357 e. The van der Waals surface area contributed by atoms with Gasteiger partial charge in [-0.25, -0.2) is 4.98 Å². The first-order chi connectivity index (χ1) is 12.1. The van der Waals surface area contributed by atoms with Crippen LogP contribution in [0.2, 0.25) is 0 Å². The third kappa shape index (κ3) is 7.98. The van der Waals surface area contributed by atoms with Gasteiger partial charge in [0.15, 0.2) is 11.8 Å². The van der Waals surface area contributed by atoms with E-state index in [1.165, 1.54) is 4.88 Å². The van der Waals surface area contributed by atoms with E-state index in [0.29, 0.717) is 18.4 Å². The number of halogens is 1. The van der Waals surface area contributed by atoms with Crippen molar-refractivity contribution in [2.75, 3.05) is 19.6 Å². The van der Waals surface area contributed by atoms with Crippen molar-refractivity contribution < 1.29 is 4.52 Å². The van der Waals surface area contributed by atoms with Crippen LogP contribution in [0.1, 0.15) is 54.7 Å². The predicted molar refractivity (Wildman–Crippen MR) is 117 cm³/mol. The molecule has 9 heteroatoms. The van der Waals surface area contributed by atoms with Crippen LogP contribution in [-0.4, -0.2) is 40.7 Å². The van der Waals surface area contributed by atoms with E-state index in [1.54, 1.807) is 11.3 Å². The molecule has 0 aliphatic carbocycles. The Bertz CT molecular complexity index is 670. The van der Waals surface area contributed by atoms with Gasteiger partial charge in [0.25, 0.3) is 0 Å². The van der Waals surface area contributed by atoms with E-state index in [9.17, 15) is 0 Å². The van der Waals surface area contributed by atoms with Crippen molar-refractivity contribution in [2.24, 2.45) is 4.99 Å². The minimum atomic E-state index is 0. The zero-order chi connectivity index (χ0) is 18.1. The minimum absolute atomic E-state index is 0. The second-order valence-corrected chi connectivity index (χ2v) is 7.43. The number of thiazole rings is 1. The molecule has 0 spiro atoms. The first-order valence-electron chi connectivity index (χ1n) is 8.84. The number of hydrogen-bond donors (Lipinski definition) is 2. The van der Waals surface area contributed by atoms with Crippen LogP contribution in [0, 0.1) is 6.92 Å². The van der Waals surface area contributed by atoms with E-state index in [2.05, 4.69) is 58.4 Å². The minimum Gasteiger partial charge on any atom is -0.357 e. The summed E-state index contributed by atoms with van der Waals surface area (Å²) in [5.41, 5.74) is 0. The SMILES string of the molecule is CCNC(=NCCCc1nc(C(C)C)no1)NCCc1ncc(C)s1.I. The highest BCUT2D eigenvalue weighted by molar-refractivity contribution is 14.0. The molecular formula is C17H29IN6OS. The molecule has 2 aromatic heterocycles. The molecule has 7 nitrogen and oxygen atoms in total. The maximum atomic E-state index is 5.25. The Morgan fingerprint density at radius 1 is 1.31 bits per heavy atom. The quantitative estimate of drug-likeness (QED) is 0.242. The van der Waals surface area contributed by atoms with E-state index < -0.39 is 0 Å². The van der Waals surface area contributed by atoms with Gasteiger partial charge in [-0.1, -0.05) is 19.0 Å². The summed E-state index contributed by atoms with van der Waals surface area (Å²) < 4.78 is 5.25. The summed E-state index contributed by atoms with van der Waals surface area (Å²) >= 11 is 1.74. The molecule has 0 radical (unpaired) electrons. The molecule has 0 unspecified atom stereocenters. The fourth-order valence-electron chi connectivity index (χ4n) is 2.17. The fraction of sp³-hybridized carbons (Fsp3) is 0.647. The maximum absolute atomic E-state index is 5.25. The Labute approximate surface area is 176 Å². The van der Waals surface area contributed by atoms with Gasteiger partial charge in [0.05, 0.1) is 5.01 Å². The van der Waals surface area contributed by atoms with Gasteiger partial charge >= 0.3 is 0 Å². The fourth-order valence-corrected chi connectivity index (χ4v) is 2.96. The third-order valence-electron chi connectivity index (χ3n) is 3.46. The van der Waals surface area contributed by atoms with Gasteiger partial charge in [-0.15, -0.1) is 35.3 Å². The average Bonchev–Trinajstić information content (AvgIpc) is 3.20. The summed E-state index contributed by atoms with van der Waals surface area (Å²) in [6.45, 7) is 10.6. The molecule has 2 aromatic rings. The van der Waals surface area contributed by atoms with Crippen LogP contribution in [0.5, 0.6) is 0 Å². The van der Waals surface area contributed by atoms with Crippen molar-refractivity contribution >= 4 is 41.3 Å². The molecule has 0 atom stereocenters. The molecule has 26 heavy (non-hydrogen) atoms. The molecule has 0 fully saturated rings. The first kappa shape index (κ1) is 22.8. The highest BCUT2D eigenvalue weighted by atomic mass is 127. The monoisotopic (exact) mass is 492 g/mol. The van der Waals surface area contributed by atoms with Gasteiger partial charge in [-0.3, -0.25) is 4.99 Å². The predicted octanol–water partition coefficient (Wildman–Crippen LogP) is 3.31. The van der Waals surface area contributed by atoms with Crippen molar-refractivity contribution in [1.82, 2.24) is 25.8 Å². The highest BCUT2D eigenvalue weighted by Crippen LogP contribution is 2.11. The van der Waals surface area contributed by atoms with Gasteiger partial charge in [0.2, 0.25) is 5.89 Å². The van der Waals surface area contributed by atoms with Crippen molar-refractivity contribution in [2.45, 2.75) is 52.9 Å². The zero-order valence-electron chi connectivity index (χ0n) is 15.9.